The Morgan fingerprint density at radius 1 is 1.62 bits per heavy atom. The summed E-state index contributed by atoms with van der Waals surface area (Å²) in [5.41, 5.74) is 0.108. The number of thiazole rings is 1. The lowest BCUT2D eigenvalue weighted by atomic mass is 9.96. The fourth-order valence-corrected chi connectivity index (χ4v) is 3.13. The number of aromatic nitrogens is 1. The summed E-state index contributed by atoms with van der Waals surface area (Å²) in [5, 5.41) is 14.3. The van der Waals surface area contributed by atoms with E-state index in [4.69, 9.17) is 9.84 Å². The molecule has 6 heteroatoms. The van der Waals surface area contributed by atoms with Crippen LogP contribution in [-0.4, -0.2) is 34.3 Å². The third-order valence-electron chi connectivity index (χ3n) is 3.14. The average molecular weight is 240 g/mol. The van der Waals surface area contributed by atoms with Crippen LogP contribution in [0.3, 0.4) is 0 Å². The van der Waals surface area contributed by atoms with Crippen molar-refractivity contribution in [2.24, 2.45) is 0 Å². The van der Waals surface area contributed by atoms with Crippen LogP contribution in [0.1, 0.15) is 29.8 Å². The molecule has 16 heavy (non-hydrogen) atoms. The number of aromatic carboxylic acids is 1. The molecule has 3 heterocycles. The van der Waals surface area contributed by atoms with E-state index in [9.17, 15) is 4.79 Å². The highest BCUT2D eigenvalue weighted by Gasteiger charge is 2.40. The number of hydrogen-bond donors (Lipinski definition) is 2. The number of rotatable bonds is 3. The zero-order valence-corrected chi connectivity index (χ0v) is 9.37. The molecule has 5 nitrogen and oxygen atoms in total. The van der Waals surface area contributed by atoms with Crippen molar-refractivity contribution in [1.82, 2.24) is 4.98 Å². The molecule has 2 N–H and O–H groups in total. The van der Waals surface area contributed by atoms with Gasteiger partial charge in [0.05, 0.1) is 18.2 Å². The zero-order chi connectivity index (χ0) is 11.1. The minimum atomic E-state index is -0.978. The van der Waals surface area contributed by atoms with Gasteiger partial charge < -0.3 is 15.2 Å². The van der Waals surface area contributed by atoms with E-state index in [1.807, 2.05) is 0 Å². The lowest BCUT2D eigenvalue weighted by molar-refractivity contribution is 0.0691. The molecular formula is C10H12N2O3S. The van der Waals surface area contributed by atoms with Crippen LogP contribution in [0.2, 0.25) is 0 Å². The molecule has 0 aromatic carbocycles. The van der Waals surface area contributed by atoms with E-state index in [0.717, 1.165) is 19.3 Å². The van der Waals surface area contributed by atoms with Gasteiger partial charge >= 0.3 is 5.97 Å². The fraction of sp³-hybridized carbons (Fsp3) is 0.600. The van der Waals surface area contributed by atoms with Gasteiger partial charge in [0.25, 0.3) is 0 Å². The molecule has 0 radical (unpaired) electrons. The molecule has 1 aromatic heterocycles. The van der Waals surface area contributed by atoms with Crippen molar-refractivity contribution in [2.75, 3.05) is 5.32 Å². The van der Waals surface area contributed by atoms with Gasteiger partial charge in [-0.2, -0.15) is 0 Å². The number of anilines is 1. The van der Waals surface area contributed by atoms with Gasteiger partial charge in [0.2, 0.25) is 0 Å². The van der Waals surface area contributed by atoms with Crippen LogP contribution in [0.25, 0.3) is 0 Å². The van der Waals surface area contributed by atoms with Crippen molar-refractivity contribution in [2.45, 2.75) is 37.5 Å². The van der Waals surface area contributed by atoms with Crippen LogP contribution in [0, 0.1) is 0 Å². The predicted molar refractivity (Wildman–Crippen MR) is 59.0 cm³/mol. The van der Waals surface area contributed by atoms with Crippen molar-refractivity contribution in [3.05, 3.63) is 11.1 Å². The number of carboxylic acids is 1. The van der Waals surface area contributed by atoms with Gasteiger partial charge in [-0.15, -0.1) is 11.3 Å². The predicted octanol–water partition coefficient (Wildman–Crippen LogP) is 1.57. The number of carboxylic acid groups (broad SMARTS) is 1. The molecule has 1 aromatic rings. The number of fused-ring (bicyclic) bond motifs is 2. The van der Waals surface area contributed by atoms with Crippen LogP contribution >= 0.6 is 11.3 Å². The normalized spacial score (nSPS) is 31.9. The highest BCUT2D eigenvalue weighted by molar-refractivity contribution is 7.13. The molecule has 2 saturated heterocycles. The van der Waals surface area contributed by atoms with Crippen LogP contribution in [-0.2, 0) is 4.74 Å². The van der Waals surface area contributed by atoms with E-state index in [-0.39, 0.29) is 11.8 Å². The van der Waals surface area contributed by atoms with Crippen LogP contribution in [0.4, 0.5) is 5.13 Å². The van der Waals surface area contributed by atoms with Crippen LogP contribution in [0.15, 0.2) is 5.38 Å². The van der Waals surface area contributed by atoms with E-state index in [1.165, 1.54) is 11.3 Å². The average Bonchev–Trinajstić information content (AvgIpc) is 2.91. The lowest BCUT2D eigenvalue weighted by Crippen LogP contribution is -2.30. The first-order valence-corrected chi connectivity index (χ1v) is 6.21. The van der Waals surface area contributed by atoms with Crippen molar-refractivity contribution in [1.29, 1.82) is 0 Å². The Bertz CT molecular complexity index is 420. The minimum absolute atomic E-state index is 0.108. The highest BCUT2D eigenvalue weighted by atomic mass is 32.1. The molecule has 2 aliphatic rings. The Hall–Kier alpha value is -1.14. The molecule has 3 rings (SSSR count). The molecule has 0 amide bonds. The van der Waals surface area contributed by atoms with Gasteiger partial charge in [0.15, 0.2) is 10.8 Å². The maximum Gasteiger partial charge on any atom is 0.355 e. The van der Waals surface area contributed by atoms with Crippen LogP contribution < -0.4 is 5.32 Å². The summed E-state index contributed by atoms with van der Waals surface area (Å²) in [5.74, 6) is -0.978. The van der Waals surface area contributed by atoms with Crippen molar-refractivity contribution in [3.8, 4) is 0 Å². The van der Waals surface area contributed by atoms with Gasteiger partial charge in [-0.1, -0.05) is 0 Å². The van der Waals surface area contributed by atoms with E-state index in [2.05, 4.69) is 10.3 Å². The molecule has 0 spiro atoms. The zero-order valence-electron chi connectivity index (χ0n) is 8.55. The molecule has 3 atom stereocenters. The second kappa shape index (κ2) is 3.71. The van der Waals surface area contributed by atoms with Gasteiger partial charge in [-0.25, -0.2) is 9.78 Å². The first kappa shape index (κ1) is 10.0. The summed E-state index contributed by atoms with van der Waals surface area (Å²) in [6, 6.07) is 0.298. The molecule has 2 aliphatic heterocycles. The Morgan fingerprint density at radius 3 is 3.06 bits per heavy atom. The first-order valence-electron chi connectivity index (χ1n) is 5.33. The molecule has 2 bridgehead atoms. The number of ether oxygens (including phenoxy) is 1. The number of hydrogen-bond acceptors (Lipinski definition) is 5. The minimum Gasteiger partial charge on any atom is -0.476 e. The largest absolute Gasteiger partial charge is 0.476 e. The lowest BCUT2D eigenvalue weighted by Gasteiger charge is -2.19. The summed E-state index contributed by atoms with van der Waals surface area (Å²) in [6.07, 6.45) is 3.93. The number of carbonyl (C=O) groups is 1. The summed E-state index contributed by atoms with van der Waals surface area (Å²) in [7, 11) is 0. The maximum absolute atomic E-state index is 10.7. The molecule has 0 aliphatic carbocycles. The molecule has 0 saturated carbocycles. The van der Waals surface area contributed by atoms with E-state index in [0.29, 0.717) is 17.3 Å². The quantitative estimate of drug-likeness (QED) is 0.839. The van der Waals surface area contributed by atoms with Crippen LogP contribution in [0.5, 0.6) is 0 Å². The third-order valence-corrected chi connectivity index (χ3v) is 3.91. The molecular weight excluding hydrogens is 228 g/mol. The number of nitrogens with zero attached hydrogens (tertiary/aromatic N) is 1. The second-order valence-electron chi connectivity index (χ2n) is 4.20. The van der Waals surface area contributed by atoms with E-state index >= 15 is 0 Å². The SMILES string of the molecule is O=C(O)c1csc(NC2CC3CCC2O3)n1. The summed E-state index contributed by atoms with van der Waals surface area (Å²) >= 11 is 1.33. The molecule has 2 fully saturated rings. The molecule has 3 unspecified atom stereocenters. The summed E-state index contributed by atoms with van der Waals surface area (Å²) < 4.78 is 5.71. The van der Waals surface area contributed by atoms with Crippen molar-refractivity contribution < 1.29 is 14.6 Å². The van der Waals surface area contributed by atoms with Crippen molar-refractivity contribution in [3.63, 3.8) is 0 Å². The fourth-order valence-electron chi connectivity index (χ4n) is 2.39. The molecule has 86 valence electrons. The smallest absolute Gasteiger partial charge is 0.355 e. The third kappa shape index (κ3) is 1.68. The number of nitrogens with one attached hydrogen (secondary N) is 1. The van der Waals surface area contributed by atoms with E-state index < -0.39 is 5.97 Å². The van der Waals surface area contributed by atoms with E-state index in [1.54, 1.807) is 5.38 Å². The Kier molecular flexibility index (Phi) is 2.33. The Morgan fingerprint density at radius 2 is 2.50 bits per heavy atom. The van der Waals surface area contributed by atoms with Gasteiger partial charge in [-0.05, 0) is 19.3 Å². The topological polar surface area (TPSA) is 71.5 Å². The first-order chi connectivity index (χ1) is 7.72. The Balaban J connectivity index is 1.68. The van der Waals surface area contributed by atoms with Gasteiger partial charge in [0, 0.05) is 5.38 Å². The van der Waals surface area contributed by atoms with Gasteiger partial charge in [0.1, 0.15) is 0 Å². The summed E-state index contributed by atoms with van der Waals surface area (Å²) in [6.45, 7) is 0. The maximum atomic E-state index is 10.7. The highest BCUT2D eigenvalue weighted by Crippen LogP contribution is 2.36. The Labute approximate surface area is 96.5 Å². The monoisotopic (exact) mass is 240 g/mol. The van der Waals surface area contributed by atoms with Crippen molar-refractivity contribution >= 4 is 22.4 Å². The van der Waals surface area contributed by atoms with Gasteiger partial charge in [-0.3, -0.25) is 0 Å². The standard InChI is InChI=1S/C10H12N2O3S/c13-9(14)7-4-16-10(12-7)11-6-3-5-1-2-8(6)15-5/h4-6,8H,1-3H2,(H,11,12)(H,13,14). The summed E-state index contributed by atoms with van der Waals surface area (Å²) in [4.78, 5) is 14.7. The second-order valence-corrected chi connectivity index (χ2v) is 5.06.